The molecule has 0 aliphatic rings. The molecule has 2 aromatic rings. The number of hydrogen-bond acceptors (Lipinski definition) is 6. The van der Waals surface area contributed by atoms with Gasteiger partial charge in [0, 0.05) is 18.2 Å². The van der Waals surface area contributed by atoms with Crippen molar-refractivity contribution in [3.8, 4) is 0 Å². The second kappa shape index (κ2) is 6.44. The molecule has 0 N–H and O–H groups in total. The molecule has 0 unspecified atom stereocenters. The molecule has 0 saturated heterocycles. The molecule has 8 heteroatoms. The predicted octanol–water partition coefficient (Wildman–Crippen LogP) is 2.86. The lowest BCUT2D eigenvalue weighted by atomic mass is 10.2. The van der Waals surface area contributed by atoms with Crippen LogP contribution in [0.25, 0.3) is 0 Å². The molecule has 2 aromatic carbocycles. The maximum atomic E-state index is 11.9. The van der Waals surface area contributed by atoms with Crippen LogP contribution in [0.15, 0.2) is 48.5 Å². The monoisotopic (exact) mass is 302 g/mol. The van der Waals surface area contributed by atoms with Crippen LogP contribution in [-0.4, -0.2) is 15.8 Å². The van der Waals surface area contributed by atoms with Gasteiger partial charge in [0.05, 0.1) is 9.85 Å². The summed E-state index contributed by atoms with van der Waals surface area (Å²) < 4.78 is 4.97. The minimum absolute atomic E-state index is 0.126. The van der Waals surface area contributed by atoms with E-state index in [4.69, 9.17) is 4.74 Å². The average Bonchev–Trinajstić information content (AvgIpc) is 2.52. The highest BCUT2D eigenvalue weighted by Crippen LogP contribution is 2.20. The van der Waals surface area contributed by atoms with E-state index >= 15 is 0 Å². The molecule has 0 saturated carbocycles. The number of ether oxygens (including phenoxy) is 1. The number of carbonyl (C=O) groups is 1. The van der Waals surface area contributed by atoms with Gasteiger partial charge in [-0.25, -0.2) is 4.79 Å². The zero-order valence-corrected chi connectivity index (χ0v) is 11.2. The van der Waals surface area contributed by atoms with Crippen LogP contribution >= 0.6 is 0 Å². The van der Waals surface area contributed by atoms with E-state index in [0.717, 1.165) is 0 Å². The van der Waals surface area contributed by atoms with Gasteiger partial charge in [0.25, 0.3) is 11.4 Å². The number of para-hydroxylation sites is 1. The molecule has 0 atom stereocenters. The Labute approximate surface area is 124 Å². The van der Waals surface area contributed by atoms with Crippen LogP contribution in [0.5, 0.6) is 0 Å². The van der Waals surface area contributed by atoms with Crippen LogP contribution < -0.4 is 0 Å². The van der Waals surface area contributed by atoms with E-state index in [-0.39, 0.29) is 23.5 Å². The second-order valence-corrected chi connectivity index (χ2v) is 4.28. The number of nitro benzene ring substituents is 2. The van der Waals surface area contributed by atoms with Crippen molar-refractivity contribution in [3.05, 3.63) is 79.9 Å². The fourth-order valence-electron chi connectivity index (χ4n) is 1.79. The van der Waals surface area contributed by atoms with Gasteiger partial charge < -0.3 is 4.74 Å². The third kappa shape index (κ3) is 3.42. The molecule has 0 spiro atoms. The van der Waals surface area contributed by atoms with Crippen LogP contribution in [0.3, 0.4) is 0 Å². The lowest BCUT2D eigenvalue weighted by Gasteiger charge is -2.05. The van der Waals surface area contributed by atoms with Crippen molar-refractivity contribution in [2.24, 2.45) is 0 Å². The minimum Gasteiger partial charge on any atom is -0.457 e. The molecule has 22 heavy (non-hydrogen) atoms. The molecule has 2 rings (SSSR count). The molecule has 0 aliphatic heterocycles. The van der Waals surface area contributed by atoms with Gasteiger partial charge in [-0.05, 0) is 11.6 Å². The van der Waals surface area contributed by atoms with E-state index < -0.39 is 15.8 Å². The first-order chi connectivity index (χ1) is 10.5. The van der Waals surface area contributed by atoms with Crippen molar-refractivity contribution in [3.63, 3.8) is 0 Å². The molecule has 112 valence electrons. The van der Waals surface area contributed by atoms with E-state index in [1.54, 1.807) is 6.07 Å². The smallest absolute Gasteiger partial charge is 0.345 e. The van der Waals surface area contributed by atoms with Crippen LogP contribution in [0.1, 0.15) is 15.9 Å². The molecule has 0 bridgehead atoms. The van der Waals surface area contributed by atoms with Crippen LogP contribution in [0.4, 0.5) is 11.4 Å². The topological polar surface area (TPSA) is 113 Å². The van der Waals surface area contributed by atoms with Gasteiger partial charge in [-0.3, -0.25) is 20.2 Å². The van der Waals surface area contributed by atoms with Crippen LogP contribution in [0.2, 0.25) is 0 Å². The van der Waals surface area contributed by atoms with Crippen LogP contribution in [-0.2, 0) is 11.3 Å². The zero-order chi connectivity index (χ0) is 16.1. The normalized spacial score (nSPS) is 10.0. The lowest BCUT2D eigenvalue weighted by molar-refractivity contribution is -0.385. The summed E-state index contributed by atoms with van der Waals surface area (Å²) in [6.07, 6.45) is 0. The fourth-order valence-corrected chi connectivity index (χ4v) is 1.79. The van der Waals surface area contributed by atoms with Crippen molar-refractivity contribution < 1.29 is 19.4 Å². The van der Waals surface area contributed by atoms with E-state index in [2.05, 4.69) is 0 Å². The first-order valence-electron chi connectivity index (χ1n) is 6.13. The Bertz CT molecular complexity index is 744. The average molecular weight is 302 g/mol. The summed E-state index contributed by atoms with van der Waals surface area (Å²) in [5, 5.41) is 21.5. The van der Waals surface area contributed by atoms with Gasteiger partial charge in [-0.15, -0.1) is 0 Å². The Morgan fingerprint density at radius 3 is 2.41 bits per heavy atom. The summed E-state index contributed by atoms with van der Waals surface area (Å²) in [7, 11) is 0. The van der Waals surface area contributed by atoms with Crippen molar-refractivity contribution in [2.45, 2.75) is 6.61 Å². The van der Waals surface area contributed by atoms with Gasteiger partial charge in [-0.1, -0.05) is 24.3 Å². The van der Waals surface area contributed by atoms with E-state index in [0.29, 0.717) is 5.56 Å². The standard InChI is InChI=1S/C14H10N2O6/c17-14(12-6-1-2-7-13(12)16(20)21)22-9-10-4-3-5-11(8-10)15(18)19/h1-8H,9H2. The molecule has 0 radical (unpaired) electrons. The SMILES string of the molecule is O=C(OCc1cccc([N+](=O)[O-])c1)c1ccccc1[N+](=O)[O-]. The molecule has 0 heterocycles. The molecular formula is C14H10N2O6. The zero-order valence-electron chi connectivity index (χ0n) is 11.2. The highest BCUT2D eigenvalue weighted by Gasteiger charge is 2.20. The van der Waals surface area contributed by atoms with Gasteiger partial charge in [0.15, 0.2) is 0 Å². The maximum Gasteiger partial charge on any atom is 0.345 e. The van der Waals surface area contributed by atoms with Gasteiger partial charge in [0.1, 0.15) is 12.2 Å². The second-order valence-electron chi connectivity index (χ2n) is 4.28. The number of nitrogens with zero attached hydrogens (tertiary/aromatic N) is 2. The summed E-state index contributed by atoms with van der Waals surface area (Å²) in [5.41, 5.74) is -0.232. The minimum atomic E-state index is -0.862. The van der Waals surface area contributed by atoms with Crippen LogP contribution in [0, 0.1) is 20.2 Å². The van der Waals surface area contributed by atoms with Crippen molar-refractivity contribution >= 4 is 17.3 Å². The first kappa shape index (κ1) is 15.1. The Hall–Kier alpha value is -3.29. The molecular weight excluding hydrogens is 292 g/mol. The Morgan fingerprint density at radius 1 is 1.00 bits per heavy atom. The number of hydrogen-bond donors (Lipinski definition) is 0. The Balaban J connectivity index is 2.12. The van der Waals surface area contributed by atoms with Gasteiger partial charge in [-0.2, -0.15) is 0 Å². The fraction of sp³-hybridized carbons (Fsp3) is 0.0714. The molecule has 8 nitrogen and oxygen atoms in total. The molecule has 0 amide bonds. The quantitative estimate of drug-likeness (QED) is 0.476. The lowest BCUT2D eigenvalue weighted by Crippen LogP contribution is -2.08. The first-order valence-corrected chi connectivity index (χ1v) is 6.13. The van der Waals surface area contributed by atoms with E-state index in [9.17, 15) is 25.0 Å². The summed E-state index contributed by atoms with van der Waals surface area (Å²) >= 11 is 0. The van der Waals surface area contributed by atoms with E-state index in [1.165, 1.54) is 42.5 Å². The third-order valence-corrected chi connectivity index (χ3v) is 2.81. The Kier molecular flexibility index (Phi) is 4.42. The highest BCUT2D eigenvalue weighted by atomic mass is 16.6. The number of benzene rings is 2. The highest BCUT2D eigenvalue weighted by molar-refractivity contribution is 5.93. The van der Waals surface area contributed by atoms with E-state index in [1.807, 2.05) is 0 Å². The number of carbonyl (C=O) groups excluding carboxylic acids is 1. The molecule has 0 aliphatic carbocycles. The Morgan fingerprint density at radius 2 is 1.73 bits per heavy atom. The summed E-state index contributed by atoms with van der Waals surface area (Å²) in [6, 6.07) is 11.0. The van der Waals surface area contributed by atoms with Gasteiger partial charge in [0.2, 0.25) is 0 Å². The summed E-state index contributed by atoms with van der Waals surface area (Å²) in [5.74, 6) is -0.862. The number of esters is 1. The number of non-ortho nitro benzene ring substituents is 1. The molecule has 0 aromatic heterocycles. The predicted molar refractivity (Wildman–Crippen MR) is 75.3 cm³/mol. The number of nitro groups is 2. The van der Waals surface area contributed by atoms with Gasteiger partial charge >= 0.3 is 5.97 Å². The third-order valence-electron chi connectivity index (χ3n) is 2.81. The maximum absolute atomic E-state index is 11.9. The number of rotatable bonds is 5. The molecule has 0 fully saturated rings. The summed E-state index contributed by atoms with van der Waals surface area (Å²) in [4.78, 5) is 32.2. The summed E-state index contributed by atoms with van der Waals surface area (Å²) in [6.45, 7) is -0.216. The van der Waals surface area contributed by atoms with Crippen molar-refractivity contribution in [1.82, 2.24) is 0 Å². The van der Waals surface area contributed by atoms with Crippen molar-refractivity contribution in [1.29, 1.82) is 0 Å². The largest absolute Gasteiger partial charge is 0.457 e. The van der Waals surface area contributed by atoms with Crippen molar-refractivity contribution in [2.75, 3.05) is 0 Å².